The molecule has 4 aromatic rings. The number of hydrogen-bond donors (Lipinski definition) is 5. The van der Waals surface area contributed by atoms with Gasteiger partial charge in [-0.15, -0.1) is 5.10 Å². The van der Waals surface area contributed by atoms with E-state index in [2.05, 4.69) is 42.3 Å². The summed E-state index contributed by atoms with van der Waals surface area (Å²) in [6.45, 7) is 7.96. The number of benzene rings is 2. The highest BCUT2D eigenvalue weighted by molar-refractivity contribution is 5.98. The van der Waals surface area contributed by atoms with Crippen molar-refractivity contribution in [3.05, 3.63) is 64.8 Å². The minimum atomic E-state index is -0.687. The number of hydrogen-bond acceptors (Lipinski definition) is 9. The Morgan fingerprint density at radius 3 is 2.79 bits per heavy atom. The summed E-state index contributed by atoms with van der Waals surface area (Å²) < 4.78 is 1.85. The maximum Gasteiger partial charge on any atom is 0.256 e. The molecule has 2 aromatic carbocycles. The van der Waals surface area contributed by atoms with E-state index in [1.165, 1.54) is 6.20 Å². The molecule has 11 heteroatoms. The lowest BCUT2D eigenvalue weighted by Crippen LogP contribution is -2.37. The van der Waals surface area contributed by atoms with Gasteiger partial charge in [-0.05, 0) is 61.9 Å². The minimum Gasteiger partial charge on any atom is -0.395 e. The van der Waals surface area contributed by atoms with E-state index < -0.39 is 18.1 Å². The number of rotatable bonds is 8. The molecule has 2 unspecified atom stereocenters. The monoisotopic (exact) mass is 530 g/mol. The number of aromatic nitrogens is 5. The Morgan fingerprint density at radius 1 is 1.23 bits per heavy atom. The van der Waals surface area contributed by atoms with Crippen molar-refractivity contribution in [1.82, 2.24) is 30.3 Å². The van der Waals surface area contributed by atoms with E-state index in [4.69, 9.17) is 0 Å². The third-order valence-corrected chi connectivity index (χ3v) is 7.13. The number of amides is 1. The molecule has 5 rings (SSSR count). The molecule has 0 bridgehead atoms. The van der Waals surface area contributed by atoms with Crippen molar-refractivity contribution in [1.29, 1.82) is 0 Å². The number of aryl methyl sites for hydroxylation is 1. The number of nitrogens with one attached hydrogen (secondary N) is 3. The first-order valence-electron chi connectivity index (χ1n) is 13.2. The van der Waals surface area contributed by atoms with Crippen molar-refractivity contribution < 1.29 is 15.0 Å². The number of aliphatic hydroxyl groups is 2. The maximum atomic E-state index is 13.0. The highest BCUT2D eigenvalue weighted by Crippen LogP contribution is 2.36. The molecule has 2 heterocycles. The Kier molecular flexibility index (Phi) is 7.45. The minimum absolute atomic E-state index is 0.0114. The van der Waals surface area contributed by atoms with Crippen LogP contribution in [-0.2, 0) is 6.42 Å². The lowest BCUT2D eigenvalue weighted by molar-refractivity contribution is 0.0874. The maximum absolute atomic E-state index is 13.0. The molecule has 39 heavy (non-hydrogen) atoms. The first kappa shape index (κ1) is 26.5. The first-order chi connectivity index (χ1) is 18.8. The van der Waals surface area contributed by atoms with E-state index in [1.54, 1.807) is 0 Å². The number of anilines is 3. The number of carbonyl (C=O) groups excluding carboxylic acids is 1. The summed E-state index contributed by atoms with van der Waals surface area (Å²) in [6, 6.07) is 11.6. The fourth-order valence-electron chi connectivity index (χ4n) is 5.02. The normalized spacial score (nSPS) is 18.7. The Hall–Kier alpha value is -4.09. The van der Waals surface area contributed by atoms with Crippen LogP contribution in [0.5, 0.6) is 0 Å². The molecule has 1 aliphatic carbocycles. The van der Waals surface area contributed by atoms with Crippen LogP contribution >= 0.6 is 0 Å². The number of nitrogens with zero attached hydrogens (tertiary/aromatic N) is 5. The Balaban J connectivity index is 1.53. The molecule has 0 spiro atoms. The topological polar surface area (TPSA) is 150 Å². The van der Waals surface area contributed by atoms with E-state index in [9.17, 15) is 15.0 Å². The average molecular weight is 531 g/mol. The molecule has 0 saturated heterocycles. The van der Waals surface area contributed by atoms with E-state index in [-0.39, 0.29) is 42.4 Å². The molecule has 11 nitrogen and oxygen atoms in total. The third kappa shape index (κ3) is 5.27. The molecular formula is C28H34N8O3. The first-order valence-corrected chi connectivity index (χ1v) is 13.2. The van der Waals surface area contributed by atoms with Gasteiger partial charge in [0.15, 0.2) is 0 Å². The van der Waals surface area contributed by atoms with Gasteiger partial charge in [0.2, 0.25) is 5.95 Å². The van der Waals surface area contributed by atoms with Crippen LogP contribution in [0.2, 0.25) is 0 Å². The molecule has 1 amide bonds. The third-order valence-electron chi connectivity index (χ3n) is 7.13. The number of carbonyl (C=O) groups is 1. The van der Waals surface area contributed by atoms with Crippen LogP contribution in [0.25, 0.3) is 11.0 Å². The van der Waals surface area contributed by atoms with Gasteiger partial charge in [-0.1, -0.05) is 36.4 Å². The molecule has 3 atom stereocenters. The van der Waals surface area contributed by atoms with Gasteiger partial charge in [0, 0.05) is 24.5 Å². The van der Waals surface area contributed by atoms with Gasteiger partial charge in [0.1, 0.15) is 16.9 Å². The summed E-state index contributed by atoms with van der Waals surface area (Å²) in [5.74, 6) is 0.156. The van der Waals surface area contributed by atoms with Crippen LogP contribution < -0.4 is 16.0 Å². The molecule has 0 fully saturated rings. The van der Waals surface area contributed by atoms with Crippen LogP contribution in [0.1, 0.15) is 59.9 Å². The summed E-state index contributed by atoms with van der Waals surface area (Å²) in [4.78, 5) is 22.1. The van der Waals surface area contributed by atoms with Gasteiger partial charge in [0.05, 0.1) is 24.3 Å². The fraction of sp³-hybridized carbons (Fsp3) is 0.393. The fourth-order valence-corrected chi connectivity index (χ4v) is 5.02. The van der Waals surface area contributed by atoms with Crippen LogP contribution in [-0.4, -0.2) is 60.3 Å². The summed E-state index contributed by atoms with van der Waals surface area (Å²) in [5, 5.41) is 38.2. The van der Waals surface area contributed by atoms with Crippen LogP contribution in [0.3, 0.4) is 0 Å². The second kappa shape index (κ2) is 11.0. The smallest absolute Gasteiger partial charge is 0.256 e. The molecule has 0 saturated carbocycles. The SMILES string of the molecule is Cc1cc2nnn(C(C)C)c2cc1Nc1ncc(C(=O)NCCO)c(N[C@H]2c3ccccc3CC(C)C2O)n1. The van der Waals surface area contributed by atoms with Crippen molar-refractivity contribution >= 4 is 34.4 Å². The van der Waals surface area contributed by atoms with Gasteiger partial charge in [0.25, 0.3) is 5.91 Å². The Bertz CT molecular complexity index is 1500. The molecule has 204 valence electrons. The number of fused-ring (bicyclic) bond motifs is 2. The van der Waals surface area contributed by atoms with Crippen molar-refractivity contribution in [3.63, 3.8) is 0 Å². The predicted molar refractivity (Wildman–Crippen MR) is 149 cm³/mol. The van der Waals surface area contributed by atoms with Crippen molar-refractivity contribution in [2.24, 2.45) is 5.92 Å². The molecule has 2 aromatic heterocycles. The van der Waals surface area contributed by atoms with E-state index >= 15 is 0 Å². The standard InChI is InChI=1S/C28H34N8O3/c1-15(2)36-23-13-21(16(3)12-22(23)34-35-36)31-28-30-14-20(27(39)29-9-10-37)26(33-28)32-24-19-8-6-5-7-18(19)11-17(4)25(24)38/h5-8,12-15,17,24-25,37-38H,9-11H2,1-4H3,(H,29,39)(H2,30,31,32,33)/t17?,24-,25?/m0/s1. The largest absolute Gasteiger partial charge is 0.395 e. The van der Waals surface area contributed by atoms with Crippen LogP contribution in [0.15, 0.2) is 42.6 Å². The van der Waals surface area contributed by atoms with E-state index in [0.717, 1.165) is 39.8 Å². The van der Waals surface area contributed by atoms with E-state index in [0.29, 0.717) is 0 Å². The van der Waals surface area contributed by atoms with Gasteiger partial charge in [-0.2, -0.15) is 4.98 Å². The Morgan fingerprint density at radius 2 is 2.03 bits per heavy atom. The molecule has 5 N–H and O–H groups in total. The predicted octanol–water partition coefficient (Wildman–Crippen LogP) is 3.28. The second-order valence-corrected chi connectivity index (χ2v) is 10.3. The zero-order valence-electron chi connectivity index (χ0n) is 22.5. The second-order valence-electron chi connectivity index (χ2n) is 10.3. The molecule has 0 aliphatic heterocycles. The van der Waals surface area contributed by atoms with Crippen LogP contribution in [0, 0.1) is 12.8 Å². The van der Waals surface area contributed by atoms with E-state index in [1.807, 2.05) is 62.7 Å². The van der Waals surface area contributed by atoms with Gasteiger partial charge < -0.3 is 26.2 Å². The summed E-state index contributed by atoms with van der Waals surface area (Å²) in [6.07, 6.45) is 1.52. The average Bonchev–Trinajstić information content (AvgIpc) is 3.33. The highest BCUT2D eigenvalue weighted by Gasteiger charge is 2.34. The van der Waals surface area contributed by atoms with Gasteiger partial charge in [-0.3, -0.25) is 4.79 Å². The summed E-state index contributed by atoms with van der Waals surface area (Å²) in [7, 11) is 0. The van der Waals surface area contributed by atoms with Crippen molar-refractivity contribution in [2.45, 2.75) is 52.3 Å². The number of aliphatic hydroxyl groups excluding tert-OH is 2. The Labute approximate surface area is 226 Å². The zero-order valence-corrected chi connectivity index (χ0v) is 22.5. The quantitative estimate of drug-likeness (QED) is 0.231. The zero-order chi connectivity index (χ0) is 27.7. The van der Waals surface area contributed by atoms with Crippen molar-refractivity contribution in [3.8, 4) is 0 Å². The van der Waals surface area contributed by atoms with Crippen LogP contribution in [0.4, 0.5) is 17.5 Å². The molecular weight excluding hydrogens is 496 g/mol. The van der Waals surface area contributed by atoms with Gasteiger partial charge >= 0.3 is 0 Å². The molecule has 1 aliphatic rings. The van der Waals surface area contributed by atoms with Crippen molar-refractivity contribution in [2.75, 3.05) is 23.8 Å². The summed E-state index contributed by atoms with van der Waals surface area (Å²) >= 11 is 0. The van der Waals surface area contributed by atoms with Gasteiger partial charge in [-0.25, -0.2) is 9.67 Å². The lowest BCUT2D eigenvalue weighted by Gasteiger charge is -2.36. The summed E-state index contributed by atoms with van der Waals surface area (Å²) in [5.41, 5.74) is 5.72. The lowest BCUT2D eigenvalue weighted by atomic mass is 9.79. The molecule has 0 radical (unpaired) electrons. The highest BCUT2D eigenvalue weighted by atomic mass is 16.3.